The molecule has 0 unspecified atom stereocenters. The van der Waals surface area contributed by atoms with Crippen LogP contribution in [0.3, 0.4) is 0 Å². The van der Waals surface area contributed by atoms with Crippen molar-refractivity contribution in [1.82, 2.24) is 25.0 Å². The van der Waals surface area contributed by atoms with Crippen molar-refractivity contribution in [2.24, 2.45) is 0 Å². The van der Waals surface area contributed by atoms with Gasteiger partial charge in [-0.25, -0.2) is 0 Å². The van der Waals surface area contributed by atoms with Gasteiger partial charge in [-0.15, -0.1) is 10.2 Å². The first kappa shape index (κ1) is 24.2. The van der Waals surface area contributed by atoms with Gasteiger partial charge in [0, 0.05) is 37.3 Å². The van der Waals surface area contributed by atoms with Crippen LogP contribution in [0.15, 0.2) is 29.4 Å². The minimum absolute atomic E-state index is 0.0707. The number of aromatic nitrogens is 3. The molecule has 2 fully saturated rings. The number of hydrogen-bond acceptors (Lipinski definition) is 6. The second-order valence-corrected chi connectivity index (χ2v) is 10.2. The summed E-state index contributed by atoms with van der Waals surface area (Å²) in [5.74, 6) is 1.30. The summed E-state index contributed by atoms with van der Waals surface area (Å²) >= 11 is 1.48. The summed E-state index contributed by atoms with van der Waals surface area (Å²) in [7, 11) is 0. The summed E-state index contributed by atoms with van der Waals surface area (Å²) in [6.45, 7) is 9.31. The smallest absolute Gasteiger partial charge is 0.230 e. The third kappa shape index (κ3) is 5.97. The van der Waals surface area contributed by atoms with Gasteiger partial charge in [0.1, 0.15) is 0 Å². The second kappa shape index (κ2) is 11.5. The molecular weight excluding hydrogens is 434 g/mol. The minimum atomic E-state index is 0.0707. The number of amides is 1. The highest BCUT2D eigenvalue weighted by atomic mass is 32.2. The second-order valence-electron chi connectivity index (χ2n) is 9.28. The molecule has 180 valence electrons. The van der Waals surface area contributed by atoms with Crippen LogP contribution in [0.2, 0.25) is 0 Å². The lowest BCUT2D eigenvalue weighted by Crippen LogP contribution is -2.59. The first-order valence-electron chi connectivity index (χ1n) is 12.3. The number of rotatable bonds is 9. The molecule has 1 aromatic heterocycles. The lowest BCUT2D eigenvalue weighted by Gasteiger charge is -2.48. The van der Waals surface area contributed by atoms with Crippen molar-refractivity contribution in [2.75, 3.05) is 38.6 Å². The van der Waals surface area contributed by atoms with Gasteiger partial charge in [-0.3, -0.25) is 9.69 Å². The van der Waals surface area contributed by atoms with Gasteiger partial charge < -0.3 is 14.6 Å². The van der Waals surface area contributed by atoms with Crippen molar-refractivity contribution in [2.45, 2.75) is 69.6 Å². The molecule has 33 heavy (non-hydrogen) atoms. The van der Waals surface area contributed by atoms with E-state index < -0.39 is 0 Å². The number of carbonyl (C=O) groups excluding carboxylic acids is 1. The first-order chi connectivity index (χ1) is 16.1. The lowest BCUT2D eigenvalue weighted by atomic mass is 9.79. The molecule has 0 bridgehead atoms. The number of nitrogens with one attached hydrogen (secondary N) is 1. The quantitative estimate of drug-likeness (QED) is 0.559. The van der Waals surface area contributed by atoms with Crippen LogP contribution in [0.5, 0.6) is 0 Å². The Balaban J connectivity index is 1.38. The molecule has 1 aromatic carbocycles. The van der Waals surface area contributed by atoms with E-state index in [0.29, 0.717) is 5.75 Å². The number of carbonyl (C=O) groups is 1. The van der Waals surface area contributed by atoms with Crippen molar-refractivity contribution in [3.63, 3.8) is 0 Å². The highest BCUT2D eigenvalue weighted by Gasteiger charge is 2.38. The van der Waals surface area contributed by atoms with Crippen LogP contribution in [-0.2, 0) is 16.1 Å². The first-order valence-corrected chi connectivity index (χ1v) is 13.3. The van der Waals surface area contributed by atoms with E-state index in [-0.39, 0.29) is 11.4 Å². The number of morpholine rings is 1. The Morgan fingerprint density at radius 1 is 1.18 bits per heavy atom. The van der Waals surface area contributed by atoms with Gasteiger partial charge in [0.2, 0.25) is 5.91 Å². The number of nitrogens with zero attached hydrogens (tertiary/aromatic N) is 4. The van der Waals surface area contributed by atoms with Gasteiger partial charge in [0.15, 0.2) is 11.0 Å². The molecule has 4 rings (SSSR count). The van der Waals surface area contributed by atoms with Crippen LogP contribution in [-0.4, -0.2) is 69.7 Å². The van der Waals surface area contributed by atoms with Gasteiger partial charge in [-0.2, -0.15) is 0 Å². The molecule has 2 aromatic rings. The van der Waals surface area contributed by atoms with Crippen LogP contribution < -0.4 is 5.32 Å². The highest BCUT2D eigenvalue weighted by molar-refractivity contribution is 7.99. The molecule has 0 spiro atoms. The number of hydrogen-bond donors (Lipinski definition) is 1. The molecule has 1 N–H and O–H groups in total. The molecule has 1 saturated carbocycles. The average Bonchev–Trinajstić information content (AvgIpc) is 3.25. The maximum Gasteiger partial charge on any atom is 0.230 e. The zero-order valence-corrected chi connectivity index (χ0v) is 20.8. The maximum absolute atomic E-state index is 12.8. The van der Waals surface area contributed by atoms with Gasteiger partial charge in [0.05, 0.1) is 19.0 Å². The largest absolute Gasteiger partial charge is 0.379 e. The minimum Gasteiger partial charge on any atom is -0.379 e. The summed E-state index contributed by atoms with van der Waals surface area (Å²) in [4.78, 5) is 15.4. The number of ether oxygens (including phenoxy) is 1. The van der Waals surface area contributed by atoms with E-state index in [2.05, 4.69) is 57.0 Å². The molecule has 1 aliphatic heterocycles. The van der Waals surface area contributed by atoms with E-state index in [1.807, 2.05) is 6.07 Å². The molecule has 2 aliphatic rings. The predicted molar refractivity (Wildman–Crippen MR) is 132 cm³/mol. The Hall–Kier alpha value is -1.90. The van der Waals surface area contributed by atoms with E-state index in [1.165, 1.54) is 36.6 Å². The lowest BCUT2D eigenvalue weighted by molar-refractivity contribution is -0.119. The Kier molecular flexibility index (Phi) is 8.44. The summed E-state index contributed by atoms with van der Waals surface area (Å²) in [5, 5.41) is 12.9. The van der Waals surface area contributed by atoms with Crippen LogP contribution in [0, 0.1) is 6.92 Å². The van der Waals surface area contributed by atoms with Crippen LogP contribution in [0.1, 0.15) is 51.0 Å². The molecule has 0 radical (unpaired) electrons. The SMILES string of the molecule is CCCn1c(SCC(=O)NCC2(N3CCOCC3)CCCCC2)nnc1-c1cccc(C)c1. The normalized spacial score (nSPS) is 18.8. The third-order valence-corrected chi connectivity index (χ3v) is 7.82. The zero-order valence-electron chi connectivity index (χ0n) is 20.0. The summed E-state index contributed by atoms with van der Waals surface area (Å²) in [6, 6.07) is 8.33. The Morgan fingerprint density at radius 2 is 1.97 bits per heavy atom. The molecule has 8 heteroatoms. The topological polar surface area (TPSA) is 72.3 Å². The fraction of sp³-hybridized carbons (Fsp3) is 0.640. The van der Waals surface area contributed by atoms with Crippen molar-refractivity contribution in [1.29, 1.82) is 0 Å². The average molecular weight is 472 g/mol. The third-order valence-electron chi connectivity index (χ3n) is 6.85. The van der Waals surface area contributed by atoms with Crippen LogP contribution in [0.25, 0.3) is 11.4 Å². The van der Waals surface area contributed by atoms with E-state index in [9.17, 15) is 4.79 Å². The summed E-state index contributed by atoms with van der Waals surface area (Å²) < 4.78 is 7.71. The molecule has 7 nitrogen and oxygen atoms in total. The Bertz CT molecular complexity index is 919. The number of benzene rings is 1. The number of aryl methyl sites for hydroxylation is 1. The summed E-state index contributed by atoms with van der Waals surface area (Å²) in [5.41, 5.74) is 2.35. The van der Waals surface area contributed by atoms with Crippen molar-refractivity contribution in [3.8, 4) is 11.4 Å². The monoisotopic (exact) mass is 471 g/mol. The Morgan fingerprint density at radius 3 is 2.70 bits per heavy atom. The molecule has 1 saturated heterocycles. The standard InChI is InChI=1S/C25H37N5O2S/c1-3-12-30-23(21-9-7-8-20(2)17-21)27-28-24(30)33-18-22(31)26-19-25(10-5-4-6-11-25)29-13-15-32-16-14-29/h7-9,17H,3-6,10-16,18-19H2,1-2H3,(H,26,31). The van der Waals surface area contributed by atoms with Crippen LogP contribution in [0.4, 0.5) is 0 Å². The van der Waals surface area contributed by atoms with E-state index in [0.717, 1.165) is 75.2 Å². The van der Waals surface area contributed by atoms with Gasteiger partial charge in [-0.05, 0) is 32.3 Å². The van der Waals surface area contributed by atoms with E-state index in [1.54, 1.807) is 0 Å². The maximum atomic E-state index is 12.8. The van der Waals surface area contributed by atoms with Crippen LogP contribution >= 0.6 is 11.8 Å². The number of thioether (sulfide) groups is 1. The molecular formula is C25H37N5O2S. The molecule has 1 aliphatic carbocycles. The predicted octanol–water partition coefficient (Wildman–Crippen LogP) is 3.91. The fourth-order valence-electron chi connectivity index (χ4n) is 5.11. The molecule has 0 atom stereocenters. The van der Waals surface area contributed by atoms with E-state index in [4.69, 9.17) is 4.74 Å². The van der Waals surface area contributed by atoms with Gasteiger partial charge in [-0.1, -0.05) is 61.7 Å². The summed E-state index contributed by atoms with van der Waals surface area (Å²) in [6.07, 6.45) is 7.08. The highest BCUT2D eigenvalue weighted by Crippen LogP contribution is 2.34. The van der Waals surface area contributed by atoms with E-state index >= 15 is 0 Å². The molecule has 1 amide bonds. The van der Waals surface area contributed by atoms with Crippen molar-refractivity contribution >= 4 is 17.7 Å². The zero-order chi connectivity index (χ0) is 23.1. The molecule has 2 heterocycles. The van der Waals surface area contributed by atoms with Gasteiger partial charge >= 0.3 is 0 Å². The van der Waals surface area contributed by atoms with Crippen molar-refractivity contribution in [3.05, 3.63) is 29.8 Å². The van der Waals surface area contributed by atoms with Crippen molar-refractivity contribution < 1.29 is 9.53 Å². The Labute approximate surface area is 201 Å². The fourth-order valence-corrected chi connectivity index (χ4v) is 5.91. The van der Waals surface area contributed by atoms with Gasteiger partial charge in [0.25, 0.3) is 0 Å².